The van der Waals surface area contributed by atoms with E-state index in [9.17, 15) is 9.00 Å². The molecule has 7 heteroatoms. The Morgan fingerprint density at radius 3 is 2.80 bits per heavy atom. The molecule has 1 heterocycles. The second-order valence-electron chi connectivity index (χ2n) is 7.47. The molecule has 0 fully saturated rings. The molecule has 2 aromatic carbocycles. The highest BCUT2D eigenvalue weighted by atomic mass is 35.5. The van der Waals surface area contributed by atoms with Crippen molar-refractivity contribution in [2.24, 2.45) is 0 Å². The Balaban J connectivity index is 1.37. The summed E-state index contributed by atoms with van der Waals surface area (Å²) >= 11 is 5.92. The highest BCUT2D eigenvalue weighted by molar-refractivity contribution is 7.84. The Kier molecular flexibility index (Phi) is 6.35. The number of hydrogen-bond acceptors (Lipinski definition) is 4. The van der Waals surface area contributed by atoms with Gasteiger partial charge in [-0.1, -0.05) is 35.9 Å². The summed E-state index contributed by atoms with van der Waals surface area (Å²) in [7, 11) is -1.38. The van der Waals surface area contributed by atoms with Crippen molar-refractivity contribution in [3.05, 3.63) is 76.1 Å². The number of rotatable bonds is 6. The van der Waals surface area contributed by atoms with Gasteiger partial charge >= 0.3 is 0 Å². The first-order chi connectivity index (χ1) is 14.5. The summed E-state index contributed by atoms with van der Waals surface area (Å²) in [6.45, 7) is 1.79. The molecule has 5 nitrogen and oxygen atoms in total. The second kappa shape index (κ2) is 9.14. The van der Waals surface area contributed by atoms with E-state index < -0.39 is 10.8 Å². The molecule has 1 N–H and O–H groups in total. The average Bonchev–Trinajstić information content (AvgIpc) is 3.09. The van der Waals surface area contributed by atoms with Gasteiger partial charge in [0.1, 0.15) is 11.5 Å². The van der Waals surface area contributed by atoms with Gasteiger partial charge < -0.3 is 9.73 Å². The molecule has 30 heavy (non-hydrogen) atoms. The van der Waals surface area contributed by atoms with Crippen molar-refractivity contribution >= 4 is 28.3 Å². The maximum Gasteiger partial charge on any atom is 0.233 e. The summed E-state index contributed by atoms with van der Waals surface area (Å²) in [6, 6.07) is 15.4. The summed E-state index contributed by atoms with van der Waals surface area (Å²) in [5.74, 6) is 0.988. The summed E-state index contributed by atoms with van der Waals surface area (Å²) < 4.78 is 18.3. The van der Waals surface area contributed by atoms with Gasteiger partial charge in [-0.05, 0) is 61.6 Å². The zero-order chi connectivity index (χ0) is 21.1. The fourth-order valence-electron chi connectivity index (χ4n) is 3.77. The number of amides is 1. The van der Waals surface area contributed by atoms with Crippen LogP contribution in [0.1, 0.15) is 41.5 Å². The van der Waals surface area contributed by atoms with Crippen molar-refractivity contribution in [1.29, 1.82) is 0 Å². The number of nitrogens with one attached hydrogen (secondary N) is 1. The molecule has 0 bridgehead atoms. The highest BCUT2D eigenvalue weighted by Gasteiger charge is 2.22. The molecule has 2 atom stereocenters. The number of nitrogens with zero attached hydrogens (tertiary/aromatic N) is 1. The molecule has 4 rings (SSSR count). The Bertz CT molecular complexity index is 1080. The van der Waals surface area contributed by atoms with Crippen molar-refractivity contribution in [1.82, 2.24) is 10.3 Å². The molecule has 1 aliphatic rings. The zero-order valence-corrected chi connectivity index (χ0v) is 18.3. The number of fused-ring (bicyclic) bond motifs is 1. The average molecular weight is 443 g/mol. The van der Waals surface area contributed by atoms with Crippen LogP contribution in [0.5, 0.6) is 0 Å². The number of carbonyl (C=O) groups is 1. The van der Waals surface area contributed by atoms with Gasteiger partial charge in [0.15, 0.2) is 0 Å². The number of oxazole rings is 1. The molecule has 1 amide bonds. The molecule has 0 saturated carbocycles. The molecule has 0 radical (unpaired) electrons. The van der Waals surface area contributed by atoms with Crippen molar-refractivity contribution in [3.63, 3.8) is 0 Å². The van der Waals surface area contributed by atoms with Gasteiger partial charge in [0.05, 0.1) is 17.5 Å². The minimum Gasteiger partial charge on any atom is -0.441 e. The van der Waals surface area contributed by atoms with Crippen molar-refractivity contribution in [3.8, 4) is 11.5 Å². The third-order valence-electron chi connectivity index (χ3n) is 5.28. The van der Waals surface area contributed by atoms with Crippen LogP contribution in [-0.2, 0) is 27.8 Å². The van der Waals surface area contributed by atoms with Crippen LogP contribution in [0.3, 0.4) is 0 Å². The standard InChI is InChI=1S/C23H23ClN2O3S/c1-15-21(26-23(29-15)17-9-11-18(24)12-10-17)13-30(28)14-22(27)25-20-8-4-6-16-5-2-3-7-19(16)20/h2-3,5,7,9-12,20H,4,6,8,13-14H2,1H3,(H,25,27)/t20-,30-/m0/s1. The predicted molar refractivity (Wildman–Crippen MR) is 119 cm³/mol. The van der Waals surface area contributed by atoms with E-state index >= 15 is 0 Å². The zero-order valence-electron chi connectivity index (χ0n) is 16.7. The van der Waals surface area contributed by atoms with Crippen molar-refractivity contribution in [2.45, 2.75) is 38.0 Å². The van der Waals surface area contributed by atoms with Crippen LogP contribution in [0.4, 0.5) is 0 Å². The first-order valence-electron chi connectivity index (χ1n) is 9.94. The number of aryl methyl sites for hydroxylation is 2. The third-order valence-corrected chi connectivity index (χ3v) is 6.71. The lowest BCUT2D eigenvalue weighted by Gasteiger charge is -2.26. The van der Waals surface area contributed by atoms with E-state index in [-0.39, 0.29) is 23.5 Å². The van der Waals surface area contributed by atoms with Gasteiger partial charge in [-0.15, -0.1) is 0 Å². The quantitative estimate of drug-likeness (QED) is 0.598. The van der Waals surface area contributed by atoms with Crippen LogP contribution in [0, 0.1) is 6.92 Å². The normalized spacial score (nSPS) is 16.7. The number of aromatic nitrogens is 1. The van der Waals surface area contributed by atoms with Crippen LogP contribution in [0.15, 0.2) is 52.9 Å². The van der Waals surface area contributed by atoms with E-state index in [1.807, 2.05) is 24.3 Å². The molecule has 0 saturated heterocycles. The Morgan fingerprint density at radius 1 is 1.23 bits per heavy atom. The fourth-order valence-corrected chi connectivity index (χ4v) is 4.94. The van der Waals surface area contributed by atoms with E-state index in [1.54, 1.807) is 19.1 Å². The van der Waals surface area contributed by atoms with Crippen LogP contribution in [0.2, 0.25) is 5.02 Å². The van der Waals surface area contributed by atoms with Gasteiger partial charge in [0, 0.05) is 21.4 Å². The Labute approximate surface area is 183 Å². The molecule has 3 aromatic rings. The lowest BCUT2D eigenvalue weighted by molar-refractivity contribution is -0.119. The lowest BCUT2D eigenvalue weighted by atomic mass is 9.88. The van der Waals surface area contributed by atoms with Gasteiger partial charge in [0.2, 0.25) is 11.8 Å². The van der Waals surface area contributed by atoms with E-state index in [0.29, 0.717) is 22.4 Å². The second-order valence-corrected chi connectivity index (χ2v) is 9.36. The fraction of sp³-hybridized carbons (Fsp3) is 0.304. The van der Waals surface area contributed by atoms with Crippen LogP contribution < -0.4 is 5.32 Å². The monoisotopic (exact) mass is 442 g/mol. The molecule has 1 aromatic heterocycles. The number of halogens is 1. The lowest BCUT2D eigenvalue weighted by Crippen LogP contribution is -2.34. The van der Waals surface area contributed by atoms with Gasteiger partial charge in [0.25, 0.3) is 0 Å². The highest BCUT2D eigenvalue weighted by Crippen LogP contribution is 2.29. The summed E-state index contributed by atoms with van der Waals surface area (Å²) in [5.41, 5.74) is 3.85. The smallest absolute Gasteiger partial charge is 0.233 e. The van der Waals surface area contributed by atoms with Gasteiger partial charge in [-0.3, -0.25) is 9.00 Å². The maximum atomic E-state index is 12.6. The van der Waals surface area contributed by atoms with Gasteiger partial charge in [-0.2, -0.15) is 0 Å². The Hall–Kier alpha value is -2.44. The van der Waals surface area contributed by atoms with Crippen LogP contribution >= 0.6 is 11.6 Å². The first kappa shape index (κ1) is 20.8. The minimum atomic E-state index is -1.38. The van der Waals surface area contributed by atoms with Gasteiger partial charge in [-0.25, -0.2) is 4.98 Å². The number of carbonyl (C=O) groups excluding carboxylic acids is 1. The molecule has 0 aliphatic heterocycles. The molecular formula is C23H23ClN2O3S. The number of hydrogen-bond donors (Lipinski definition) is 1. The van der Waals surface area contributed by atoms with E-state index in [2.05, 4.69) is 22.4 Å². The molecule has 0 spiro atoms. The predicted octanol–water partition coefficient (Wildman–Crippen LogP) is 4.75. The van der Waals surface area contributed by atoms with Crippen LogP contribution in [-0.4, -0.2) is 20.9 Å². The maximum absolute atomic E-state index is 12.6. The first-order valence-corrected chi connectivity index (χ1v) is 11.8. The summed E-state index contributed by atoms with van der Waals surface area (Å²) in [4.78, 5) is 17.0. The third kappa shape index (κ3) is 4.82. The van der Waals surface area contributed by atoms with Crippen molar-refractivity contribution in [2.75, 3.05) is 5.75 Å². The minimum absolute atomic E-state index is 0.00950. The molecule has 156 valence electrons. The SMILES string of the molecule is Cc1oc(-c2ccc(Cl)cc2)nc1C[S@](=O)CC(=O)N[C@H]1CCCc2ccccc21. The summed E-state index contributed by atoms with van der Waals surface area (Å²) in [6.07, 6.45) is 2.98. The number of benzene rings is 2. The molecular weight excluding hydrogens is 420 g/mol. The largest absolute Gasteiger partial charge is 0.441 e. The topological polar surface area (TPSA) is 72.2 Å². The van der Waals surface area contributed by atoms with E-state index in [0.717, 1.165) is 24.8 Å². The molecule has 1 aliphatic carbocycles. The van der Waals surface area contributed by atoms with Crippen LogP contribution in [0.25, 0.3) is 11.5 Å². The molecule has 0 unspecified atom stereocenters. The summed E-state index contributed by atoms with van der Waals surface area (Å²) in [5, 5.41) is 3.69. The van der Waals surface area contributed by atoms with E-state index in [4.69, 9.17) is 16.0 Å². The van der Waals surface area contributed by atoms with Crippen molar-refractivity contribution < 1.29 is 13.4 Å². The van der Waals surface area contributed by atoms with E-state index in [1.165, 1.54) is 11.1 Å². The Morgan fingerprint density at radius 2 is 2.00 bits per heavy atom.